The molecule has 0 saturated heterocycles. The van der Waals surface area contributed by atoms with Crippen molar-refractivity contribution in [3.05, 3.63) is 29.0 Å². The molecular weight excluding hydrogens is 185 g/mol. The largest absolute Gasteiger partial charge is 1.00 e. The van der Waals surface area contributed by atoms with Gasteiger partial charge in [0.05, 0.1) is 0 Å². The average molecular weight is 187 g/mol. The van der Waals surface area contributed by atoms with Gasteiger partial charge in [-0.15, -0.1) is 5.56 Å². The number of hydrogen-bond donors (Lipinski definition) is 0. The molecule has 60 valence electrons. The molecule has 0 saturated carbocycles. The van der Waals surface area contributed by atoms with E-state index in [2.05, 4.69) is 4.98 Å². The summed E-state index contributed by atoms with van der Waals surface area (Å²) in [6.45, 7) is 0. The van der Waals surface area contributed by atoms with E-state index in [1.807, 2.05) is 6.07 Å². The predicted octanol–water partition coefficient (Wildman–Crippen LogP) is -0.442. The molecule has 1 heterocycles. The van der Waals surface area contributed by atoms with Crippen molar-refractivity contribution >= 4 is 11.6 Å². The number of rotatable bonds is 0. The first kappa shape index (κ1) is 11.8. The summed E-state index contributed by atoms with van der Waals surface area (Å²) < 4.78 is 35.6. The maximum atomic E-state index is 11.9. The van der Waals surface area contributed by atoms with Gasteiger partial charge < -0.3 is 0 Å². The summed E-state index contributed by atoms with van der Waals surface area (Å²) in [5, 5.41) is -0.278. The van der Waals surface area contributed by atoms with Gasteiger partial charge in [0.2, 0.25) is 0 Å². The first-order valence-corrected chi connectivity index (χ1v) is 2.99. The number of alkyl halides is 3. The molecule has 6 heteroatoms. The Labute approximate surface area is 84.1 Å². The Morgan fingerprint density at radius 3 is 2.33 bits per heavy atom. The van der Waals surface area contributed by atoms with E-state index in [0.29, 0.717) is 0 Å². The Morgan fingerprint density at radius 1 is 1.42 bits per heavy atom. The Kier molecular flexibility index (Phi) is 4.11. The predicted molar refractivity (Wildman–Crippen MR) is 33.1 cm³/mol. The minimum atomic E-state index is -4.40. The van der Waals surface area contributed by atoms with E-state index in [4.69, 9.17) is 11.6 Å². The van der Waals surface area contributed by atoms with Crippen LogP contribution in [0.5, 0.6) is 0 Å². The second kappa shape index (κ2) is 4.17. The summed E-state index contributed by atoms with van der Waals surface area (Å²) in [5.74, 6) is 0. The Morgan fingerprint density at radius 2 is 2.00 bits per heavy atom. The third-order valence-electron chi connectivity index (χ3n) is 0.972. The van der Waals surface area contributed by atoms with Crippen molar-refractivity contribution in [3.8, 4) is 0 Å². The minimum Gasteiger partial charge on any atom is -0.284 e. The van der Waals surface area contributed by atoms with Crippen molar-refractivity contribution in [3.63, 3.8) is 0 Å². The van der Waals surface area contributed by atoms with Crippen LogP contribution in [0.4, 0.5) is 13.2 Å². The number of pyridine rings is 1. The number of halogens is 4. The first-order chi connectivity index (χ1) is 5.00. The van der Waals surface area contributed by atoms with Crippen LogP contribution >= 0.6 is 11.6 Å². The third kappa shape index (κ3) is 3.06. The normalized spacial score (nSPS) is 10.7. The van der Waals surface area contributed by atoms with Gasteiger partial charge in [-0.1, -0.05) is 17.8 Å². The summed E-state index contributed by atoms with van der Waals surface area (Å²) in [4.78, 5) is 3.36. The summed E-state index contributed by atoms with van der Waals surface area (Å²) in [5.41, 5.74) is -0.905. The standard InChI is InChI=1S/C6H2ClF3N.Li/c7-5-3-4(1-2-11-5)6(8,9)10;/h1-2H;/q-1;+1. The van der Waals surface area contributed by atoms with Gasteiger partial charge in [0.25, 0.3) is 0 Å². The molecule has 0 atom stereocenters. The van der Waals surface area contributed by atoms with Crippen LogP contribution < -0.4 is 18.9 Å². The molecule has 0 N–H and O–H groups in total. The van der Waals surface area contributed by atoms with E-state index in [9.17, 15) is 13.2 Å². The molecule has 1 nitrogen and oxygen atoms in total. The van der Waals surface area contributed by atoms with E-state index < -0.39 is 11.7 Å². The Hall–Kier alpha value is -0.173. The second-order valence-electron chi connectivity index (χ2n) is 1.77. The maximum Gasteiger partial charge on any atom is 1.00 e. The van der Waals surface area contributed by atoms with Crippen LogP contribution in [0.2, 0.25) is 5.15 Å². The van der Waals surface area contributed by atoms with Gasteiger partial charge in [-0.25, -0.2) is 0 Å². The Bertz CT molecular complexity index is 263. The molecule has 0 amide bonds. The number of nitrogens with zero attached hydrogens (tertiary/aromatic N) is 1. The molecule has 0 unspecified atom stereocenters. The van der Waals surface area contributed by atoms with Crippen molar-refractivity contribution in [1.29, 1.82) is 0 Å². The van der Waals surface area contributed by atoms with Crippen LogP contribution in [-0.2, 0) is 6.18 Å². The van der Waals surface area contributed by atoms with Crippen LogP contribution in [0.3, 0.4) is 0 Å². The van der Waals surface area contributed by atoms with Crippen LogP contribution in [0.25, 0.3) is 0 Å². The fourth-order valence-corrected chi connectivity index (χ4v) is 0.686. The minimum absolute atomic E-state index is 0. The van der Waals surface area contributed by atoms with Crippen LogP contribution in [-0.4, -0.2) is 4.98 Å². The molecule has 0 aliphatic rings. The third-order valence-corrected chi connectivity index (χ3v) is 1.16. The van der Waals surface area contributed by atoms with Crippen LogP contribution in [0.15, 0.2) is 12.3 Å². The molecule has 0 bridgehead atoms. The van der Waals surface area contributed by atoms with Crippen molar-refractivity contribution < 1.29 is 32.0 Å². The monoisotopic (exact) mass is 187 g/mol. The van der Waals surface area contributed by atoms with Gasteiger partial charge >= 0.3 is 25.0 Å². The zero-order valence-electron chi connectivity index (χ0n) is 6.11. The zero-order chi connectivity index (χ0) is 8.48. The number of hydrogen-bond acceptors (Lipinski definition) is 1. The van der Waals surface area contributed by atoms with E-state index in [-0.39, 0.29) is 24.0 Å². The first-order valence-electron chi connectivity index (χ1n) is 2.61. The average Bonchev–Trinajstić information content (AvgIpc) is 1.86. The van der Waals surface area contributed by atoms with E-state index in [1.165, 1.54) is 0 Å². The smallest absolute Gasteiger partial charge is 0.284 e. The van der Waals surface area contributed by atoms with Crippen molar-refractivity contribution in [2.24, 2.45) is 0 Å². The SMILES string of the molecule is FC(F)(F)c1[c-]c(Cl)ncc1.[Li+]. The molecule has 0 aliphatic carbocycles. The molecule has 0 fully saturated rings. The van der Waals surface area contributed by atoms with Gasteiger partial charge in [0, 0.05) is 5.15 Å². The van der Waals surface area contributed by atoms with Crippen LogP contribution in [0, 0.1) is 6.07 Å². The molecule has 0 aromatic carbocycles. The van der Waals surface area contributed by atoms with Gasteiger partial charge in [-0.2, -0.15) is 25.3 Å². The molecule has 0 radical (unpaired) electrons. The molecule has 1 rings (SSSR count). The van der Waals surface area contributed by atoms with Gasteiger partial charge in [0.15, 0.2) is 0 Å². The zero-order valence-corrected chi connectivity index (χ0v) is 6.87. The summed E-state index contributed by atoms with van der Waals surface area (Å²) in [6.07, 6.45) is -3.41. The van der Waals surface area contributed by atoms with Crippen LogP contribution in [0.1, 0.15) is 5.56 Å². The Balaban J connectivity index is 0.00000121. The van der Waals surface area contributed by atoms with E-state index >= 15 is 0 Å². The van der Waals surface area contributed by atoms with E-state index in [1.54, 1.807) is 0 Å². The second-order valence-corrected chi connectivity index (χ2v) is 2.13. The molecule has 0 aliphatic heterocycles. The van der Waals surface area contributed by atoms with E-state index in [0.717, 1.165) is 12.3 Å². The molecule has 0 spiro atoms. The molecule has 1 aromatic rings. The molecule has 1 aromatic heterocycles. The summed E-state index contributed by atoms with van der Waals surface area (Å²) in [7, 11) is 0. The summed E-state index contributed by atoms with van der Waals surface area (Å²) >= 11 is 5.18. The fourth-order valence-electron chi connectivity index (χ4n) is 0.528. The fraction of sp³-hybridized carbons (Fsp3) is 0.167. The van der Waals surface area contributed by atoms with Crippen molar-refractivity contribution in [2.45, 2.75) is 6.18 Å². The molecular formula is C6H2ClF3LiN. The van der Waals surface area contributed by atoms with Crippen molar-refractivity contribution in [1.82, 2.24) is 4.98 Å². The van der Waals surface area contributed by atoms with Crippen molar-refractivity contribution in [2.75, 3.05) is 0 Å². The quantitative estimate of drug-likeness (QED) is 0.305. The topological polar surface area (TPSA) is 12.9 Å². The van der Waals surface area contributed by atoms with Gasteiger partial charge in [-0.3, -0.25) is 4.98 Å². The summed E-state index contributed by atoms with van der Waals surface area (Å²) in [6, 6.07) is 2.69. The van der Waals surface area contributed by atoms with Gasteiger partial charge in [0.1, 0.15) is 0 Å². The maximum absolute atomic E-state index is 11.9. The molecule has 12 heavy (non-hydrogen) atoms. The number of aromatic nitrogens is 1. The van der Waals surface area contributed by atoms with Gasteiger partial charge in [-0.05, 0) is 0 Å².